The van der Waals surface area contributed by atoms with E-state index in [1.165, 1.54) is 48.8 Å². The lowest BCUT2D eigenvalue weighted by atomic mass is 9.82. The smallest absolute Gasteiger partial charge is 0.0725 e. The van der Waals surface area contributed by atoms with Crippen LogP contribution in [-0.4, -0.2) is 7.05 Å². The zero-order chi connectivity index (χ0) is 13.5. The predicted molar refractivity (Wildman–Crippen MR) is 80.3 cm³/mol. The Hall–Kier alpha value is -0.860. The van der Waals surface area contributed by atoms with Gasteiger partial charge in [-0.25, -0.2) is 0 Å². The number of benzene rings is 1. The summed E-state index contributed by atoms with van der Waals surface area (Å²) in [6.45, 7) is 1.60. The molecule has 2 aliphatic carbocycles. The lowest BCUT2D eigenvalue weighted by Gasteiger charge is -2.27. The molecule has 2 saturated carbocycles. The van der Waals surface area contributed by atoms with Crippen molar-refractivity contribution in [3.8, 4) is 0 Å². The molecular weight excluding hydrogens is 246 g/mol. The normalized spacial score (nSPS) is 32.5. The molecule has 2 bridgehead atoms. The van der Waals surface area contributed by atoms with Crippen LogP contribution in [0.4, 0.5) is 0 Å². The summed E-state index contributed by atoms with van der Waals surface area (Å²) < 4.78 is 5.54. The summed E-state index contributed by atoms with van der Waals surface area (Å²) in [5.74, 6) is 3.03. The Morgan fingerprint density at radius 2 is 2.10 bits per heavy atom. The highest BCUT2D eigenvalue weighted by Crippen LogP contribution is 2.51. The van der Waals surface area contributed by atoms with Gasteiger partial charge in [0.15, 0.2) is 0 Å². The maximum Gasteiger partial charge on any atom is 0.0725 e. The molecule has 2 heteroatoms. The number of hydrogen-bond donors (Lipinski definition) is 1. The molecule has 0 aromatic heterocycles. The topological polar surface area (TPSA) is 21.3 Å². The van der Waals surface area contributed by atoms with Crippen LogP contribution in [-0.2, 0) is 18.0 Å². The summed E-state index contributed by atoms with van der Waals surface area (Å²) in [5.41, 5.74) is 4.23. The first kappa shape index (κ1) is 12.8. The van der Waals surface area contributed by atoms with E-state index < -0.39 is 0 Å². The summed E-state index contributed by atoms with van der Waals surface area (Å²) in [5, 5.41) is 3.56. The number of hydrogen-bond acceptors (Lipinski definition) is 2. The summed E-state index contributed by atoms with van der Waals surface area (Å²) in [6, 6.07) is 7.46. The average molecular weight is 271 g/mol. The summed E-state index contributed by atoms with van der Waals surface area (Å²) >= 11 is 0. The molecule has 1 N–H and O–H groups in total. The third-order valence-electron chi connectivity index (χ3n) is 5.92. The van der Waals surface area contributed by atoms with Crippen molar-refractivity contribution >= 4 is 0 Å². The van der Waals surface area contributed by atoms with E-state index in [1.54, 1.807) is 0 Å². The lowest BCUT2D eigenvalue weighted by molar-refractivity contribution is 0.134. The Bertz CT molecular complexity index is 498. The molecule has 4 unspecified atom stereocenters. The van der Waals surface area contributed by atoms with Crippen LogP contribution in [0.15, 0.2) is 18.2 Å². The van der Waals surface area contributed by atoms with E-state index >= 15 is 0 Å². The van der Waals surface area contributed by atoms with E-state index in [4.69, 9.17) is 4.74 Å². The first-order valence-electron chi connectivity index (χ1n) is 8.20. The maximum atomic E-state index is 5.54. The second kappa shape index (κ2) is 5.16. The van der Waals surface area contributed by atoms with Gasteiger partial charge in [-0.1, -0.05) is 24.6 Å². The van der Waals surface area contributed by atoms with E-state index in [9.17, 15) is 0 Å². The molecule has 1 aromatic rings. The van der Waals surface area contributed by atoms with Crippen molar-refractivity contribution in [1.82, 2.24) is 5.32 Å². The molecule has 0 spiro atoms. The second-order valence-electron chi connectivity index (χ2n) is 7.03. The highest BCUT2D eigenvalue weighted by Gasteiger charge is 2.40. The van der Waals surface area contributed by atoms with Crippen LogP contribution in [0.2, 0.25) is 0 Å². The van der Waals surface area contributed by atoms with Crippen molar-refractivity contribution in [3.63, 3.8) is 0 Å². The number of ether oxygens (including phenoxy) is 1. The van der Waals surface area contributed by atoms with Crippen LogP contribution in [0.5, 0.6) is 0 Å². The van der Waals surface area contributed by atoms with E-state index in [-0.39, 0.29) is 0 Å². The van der Waals surface area contributed by atoms with Crippen LogP contribution >= 0.6 is 0 Å². The van der Waals surface area contributed by atoms with Gasteiger partial charge in [0.1, 0.15) is 0 Å². The highest BCUT2D eigenvalue weighted by molar-refractivity contribution is 5.34. The SMILES string of the molecule is CNC(CC1CC2CCC1C2)c1ccc2c(c1)COC2. The summed E-state index contributed by atoms with van der Waals surface area (Å²) in [7, 11) is 2.11. The van der Waals surface area contributed by atoms with E-state index in [1.807, 2.05) is 0 Å². The van der Waals surface area contributed by atoms with Gasteiger partial charge in [-0.2, -0.15) is 0 Å². The minimum Gasteiger partial charge on any atom is -0.372 e. The van der Waals surface area contributed by atoms with Gasteiger partial charge in [0, 0.05) is 6.04 Å². The van der Waals surface area contributed by atoms with Crippen molar-refractivity contribution in [3.05, 3.63) is 34.9 Å². The zero-order valence-corrected chi connectivity index (χ0v) is 12.4. The first-order chi connectivity index (χ1) is 9.83. The largest absolute Gasteiger partial charge is 0.372 e. The van der Waals surface area contributed by atoms with Crippen LogP contribution in [0.25, 0.3) is 0 Å². The molecule has 4 atom stereocenters. The fourth-order valence-electron chi connectivity index (χ4n) is 4.80. The van der Waals surface area contributed by atoms with Gasteiger partial charge in [-0.15, -0.1) is 0 Å². The molecule has 2 fully saturated rings. The lowest BCUT2D eigenvalue weighted by Crippen LogP contribution is -2.22. The average Bonchev–Trinajstić information content (AvgIpc) is 3.19. The molecule has 2 nitrogen and oxygen atoms in total. The first-order valence-corrected chi connectivity index (χ1v) is 8.20. The molecule has 3 aliphatic rings. The van der Waals surface area contributed by atoms with Gasteiger partial charge in [0.25, 0.3) is 0 Å². The monoisotopic (exact) mass is 271 g/mol. The van der Waals surface area contributed by atoms with Gasteiger partial charge in [0.2, 0.25) is 0 Å². The Balaban J connectivity index is 1.50. The molecule has 0 amide bonds. The molecular formula is C18H25NO. The molecule has 4 rings (SSSR count). The van der Waals surface area contributed by atoms with E-state index in [2.05, 4.69) is 30.6 Å². The van der Waals surface area contributed by atoms with Gasteiger partial charge < -0.3 is 10.1 Å². The van der Waals surface area contributed by atoms with E-state index in [0.29, 0.717) is 6.04 Å². The maximum absolute atomic E-state index is 5.54. The fraction of sp³-hybridized carbons (Fsp3) is 0.667. The Labute approximate surface area is 121 Å². The molecule has 0 radical (unpaired) electrons. The molecule has 20 heavy (non-hydrogen) atoms. The van der Waals surface area contributed by atoms with Crippen molar-refractivity contribution in [2.24, 2.45) is 17.8 Å². The van der Waals surface area contributed by atoms with Crippen molar-refractivity contribution < 1.29 is 4.74 Å². The number of rotatable bonds is 4. The van der Waals surface area contributed by atoms with Gasteiger partial charge >= 0.3 is 0 Å². The number of fused-ring (bicyclic) bond motifs is 3. The third-order valence-corrected chi connectivity index (χ3v) is 5.92. The van der Waals surface area contributed by atoms with Crippen molar-refractivity contribution in [2.45, 2.75) is 51.4 Å². The summed E-state index contributed by atoms with van der Waals surface area (Å²) in [6.07, 6.45) is 7.30. The molecule has 1 aromatic carbocycles. The van der Waals surface area contributed by atoms with Crippen LogP contribution in [0.1, 0.15) is 54.8 Å². The minimum atomic E-state index is 0.519. The quantitative estimate of drug-likeness (QED) is 0.899. The highest BCUT2D eigenvalue weighted by atomic mass is 16.5. The molecule has 108 valence electrons. The number of nitrogens with one attached hydrogen (secondary N) is 1. The van der Waals surface area contributed by atoms with E-state index in [0.717, 1.165) is 31.0 Å². The fourth-order valence-corrected chi connectivity index (χ4v) is 4.80. The predicted octanol–water partition coefficient (Wildman–Crippen LogP) is 3.80. The third kappa shape index (κ3) is 2.19. The zero-order valence-electron chi connectivity index (χ0n) is 12.4. The Morgan fingerprint density at radius 3 is 2.85 bits per heavy atom. The van der Waals surface area contributed by atoms with Gasteiger partial charge in [-0.3, -0.25) is 0 Å². The van der Waals surface area contributed by atoms with Crippen LogP contribution in [0, 0.1) is 17.8 Å². The molecule has 1 heterocycles. The van der Waals surface area contributed by atoms with Crippen LogP contribution in [0.3, 0.4) is 0 Å². The summed E-state index contributed by atoms with van der Waals surface area (Å²) in [4.78, 5) is 0. The standard InChI is InChI=1S/C18H25NO/c1-19-18(9-16-7-12-2-3-13(16)6-12)14-4-5-15-10-20-11-17(15)8-14/h4-5,8,12-13,16,18-19H,2-3,6-7,9-11H2,1H3. The van der Waals surface area contributed by atoms with Crippen molar-refractivity contribution in [1.29, 1.82) is 0 Å². The van der Waals surface area contributed by atoms with Crippen LogP contribution < -0.4 is 5.32 Å². The Kier molecular flexibility index (Phi) is 3.31. The van der Waals surface area contributed by atoms with Gasteiger partial charge in [-0.05, 0) is 67.2 Å². The van der Waals surface area contributed by atoms with Crippen molar-refractivity contribution in [2.75, 3.05) is 7.05 Å². The minimum absolute atomic E-state index is 0.519. The Morgan fingerprint density at radius 1 is 1.20 bits per heavy atom. The van der Waals surface area contributed by atoms with Gasteiger partial charge in [0.05, 0.1) is 13.2 Å². The molecule has 0 saturated heterocycles. The molecule has 1 aliphatic heterocycles. The second-order valence-corrected chi connectivity index (χ2v) is 7.03.